The highest BCUT2D eigenvalue weighted by Crippen LogP contribution is 2.26. The zero-order valence-corrected chi connectivity index (χ0v) is 12.7. The molecule has 0 amide bonds. The number of furan rings is 1. The molecule has 1 N–H and O–H groups in total. The number of nitrogens with zero attached hydrogens (tertiary/aromatic N) is 1. The minimum absolute atomic E-state index is 0.636. The van der Waals surface area contributed by atoms with E-state index in [1.807, 2.05) is 0 Å². The van der Waals surface area contributed by atoms with Gasteiger partial charge in [-0.15, -0.1) is 0 Å². The first kappa shape index (κ1) is 13.5. The van der Waals surface area contributed by atoms with E-state index in [2.05, 4.69) is 48.0 Å². The van der Waals surface area contributed by atoms with Crippen molar-refractivity contribution >= 4 is 11.8 Å². The van der Waals surface area contributed by atoms with Crippen molar-refractivity contribution in [2.75, 3.05) is 12.3 Å². The summed E-state index contributed by atoms with van der Waals surface area (Å²) in [6, 6.07) is 5.64. The quantitative estimate of drug-likeness (QED) is 0.898. The summed E-state index contributed by atoms with van der Waals surface area (Å²) in [7, 11) is 0. The Balaban J connectivity index is 1.53. The average molecular weight is 280 g/mol. The van der Waals surface area contributed by atoms with Crippen LogP contribution < -0.4 is 5.32 Å². The Morgan fingerprint density at radius 3 is 2.89 bits per heavy atom. The highest BCUT2D eigenvalue weighted by molar-refractivity contribution is 8.00. The van der Waals surface area contributed by atoms with Crippen LogP contribution in [0.25, 0.3) is 0 Å². The van der Waals surface area contributed by atoms with E-state index >= 15 is 0 Å². The van der Waals surface area contributed by atoms with Gasteiger partial charge in [-0.3, -0.25) is 4.90 Å². The lowest BCUT2D eigenvalue weighted by atomic mass is 10.2. The van der Waals surface area contributed by atoms with Gasteiger partial charge in [-0.2, -0.15) is 11.8 Å². The smallest absolute Gasteiger partial charge is 0.118 e. The van der Waals surface area contributed by atoms with Crippen LogP contribution in [0.15, 0.2) is 16.5 Å². The first-order chi connectivity index (χ1) is 9.22. The van der Waals surface area contributed by atoms with E-state index in [0.29, 0.717) is 6.04 Å². The van der Waals surface area contributed by atoms with Crippen molar-refractivity contribution in [3.05, 3.63) is 23.7 Å². The zero-order valence-electron chi connectivity index (χ0n) is 11.9. The Morgan fingerprint density at radius 2 is 2.11 bits per heavy atom. The van der Waals surface area contributed by atoms with Crippen LogP contribution in [0, 0.1) is 0 Å². The van der Waals surface area contributed by atoms with Crippen LogP contribution in [-0.2, 0) is 13.1 Å². The summed E-state index contributed by atoms with van der Waals surface area (Å²) in [5, 5.41) is 4.22. The fraction of sp³-hybridized carbons (Fsp3) is 0.733. The fourth-order valence-corrected chi connectivity index (χ4v) is 3.72. The van der Waals surface area contributed by atoms with Crippen LogP contribution in [0.1, 0.15) is 38.2 Å². The summed E-state index contributed by atoms with van der Waals surface area (Å²) in [6.45, 7) is 7.67. The molecular weight excluding hydrogens is 256 g/mol. The molecule has 1 aliphatic carbocycles. The van der Waals surface area contributed by atoms with Gasteiger partial charge in [0.2, 0.25) is 0 Å². The Morgan fingerprint density at radius 1 is 1.32 bits per heavy atom. The molecule has 1 aliphatic heterocycles. The summed E-state index contributed by atoms with van der Waals surface area (Å²) in [5.74, 6) is 3.43. The second-order valence-electron chi connectivity index (χ2n) is 5.81. The van der Waals surface area contributed by atoms with Gasteiger partial charge in [-0.25, -0.2) is 0 Å². The largest absolute Gasteiger partial charge is 0.463 e. The van der Waals surface area contributed by atoms with E-state index in [-0.39, 0.29) is 0 Å². The predicted molar refractivity (Wildman–Crippen MR) is 80.4 cm³/mol. The summed E-state index contributed by atoms with van der Waals surface area (Å²) in [6.07, 6.45) is 2.66. The Hall–Kier alpha value is -0.450. The van der Waals surface area contributed by atoms with Crippen molar-refractivity contribution in [2.45, 2.75) is 57.1 Å². The van der Waals surface area contributed by atoms with Crippen molar-refractivity contribution in [3.63, 3.8) is 0 Å². The Bertz CT molecular complexity index is 416. The third-order valence-electron chi connectivity index (χ3n) is 4.23. The molecule has 2 heterocycles. The lowest BCUT2D eigenvalue weighted by Gasteiger charge is -2.36. The first-order valence-electron chi connectivity index (χ1n) is 7.39. The second kappa shape index (κ2) is 5.90. The minimum Gasteiger partial charge on any atom is -0.463 e. The van der Waals surface area contributed by atoms with Gasteiger partial charge < -0.3 is 9.73 Å². The van der Waals surface area contributed by atoms with E-state index in [1.54, 1.807) is 0 Å². The van der Waals surface area contributed by atoms with Gasteiger partial charge in [-0.05, 0) is 31.9 Å². The second-order valence-corrected chi connectivity index (χ2v) is 7.30. The number of hydrogen-bond acceptors (Lipinski definition) is 4. The summed E-state index contributed by atoms with van der Waals surface area (Å²) < 4.78 is 5.94. The maximum atomic E-state index is 5.94. The van der Waals surface area contributed by atoms with Gasteiger partial charge in [0.25, 0.3) is 0 Å². The van der Waals surface area contributed by atoms with Gasteiger partial charge in [0.15, 0.2) is 0 Å². The molecule has 2 aliphatic rings. The zero-order chi connectivity index (χ0) is 13.2. The molecular formula is C15H24N2OS. The lowest BCUT2D eigenvalue weighted by Crippen LogP contribution is -2.43. The molecule has 106 valence electrons. The molecule has 2 unspecified atom stereocenters. The molecule has 0 spiro atoms. The topological polar surface area (TPSA) is 28.4 Å². The normalized spacial score (nSPS) is 28.7. The monoisotopic (exact) mass is 280 g/mol. The summed E-state index contributed by atoms with van der Waals surface area (Å²) >= 11 is 2.08. The van der Waals surface area contributed by atoms with Gasteiger partial charge >= 0.3 is 0 Å². The van der Waals surface area contributed by atoms with Crippen LogP contribution in [0.3, 0.4) is 0 Å². The maximum Gasteiger partial charge on any atom is 0.118 e. The van der Waals surface area contributed by atoms with Crippen LogP contribution in [0.2, 0.25) is 0 Å². The fourth-order valence-electron chi connectivity index (χ4n) is 2.55. The molecule has 1 saturated carbocycles. The molecule has 0 bridgehead atoms. The number of rotatable bonds is 5. The molecule has 2 fully saturated rings. The summed E-state index contributed by atoms with van der Waals surface area (Å²) in [4.78, 5) is 2.54. The van der Waals surface area contributed by atoms with Crippen molar-refractivity contribution in [1.29, 1.82) is 0 Å². The molecule has 1 aromatic heterocycles. The molecule has 1 aromatic rings. The highest BCUT2D eigenvalue weighted by Gasteiger charge is 2.26. The third-order valence-corrected chi connectivity index (χ3v) is 5.57. The number of hydrogen-bond donors (Lipinski definition) is 1. The van der Waals surface area contributed by atoms with Crippen molar-refractivity contribution in [2.24, 2.45) is 0 Å². The molecule has 0 aromatic carbocycles. The predicted octanol–water partition coefficient (Wildman–Crippen LogP) is 2.86. The number of nitrogens with one attached hydrogen (secondary N) is 1. The van der Waals surface area contributed by atoms with Crippen molar-refractivity contribution in [1.82, 2.24) is 10.2 Å². The summed E-state index contributed by atoms with van der Waals surface area (Å²) in [5.41, 5.74) is 0. The molecule has 4 heteroatoms. The molecule has 1 saturated heterocycles. The Labute approximate surface area is 120 Å². The van der Waals surface area contributed by atoms with Gasteiger partial charge in [-0.1, -0.05) is 6.92 Å². The SMILES string of the molecule is CC1SCCN(Cc2ccc(CNC3CC3)o2)C1C. The minimum atomic E-state index is 0.636. The molecule has 0 radical (unpaired) electrons. The third kappa shape index (κ3) is 3.56. The highest BCUT2D eigenvalue weighted by atomic mass is 32.2. The van der Waals surface area contributed by atoms with Crippen LogP contribution in [0.5, 0.6) is 0 Å². The standard InChI is InChI=1S/C15H24N2OS/c1-11-12(2)19-8-7-17(11)10-15-6-5-14(18-15)9-16-13-3-4-13/h5-6,11-13,16H,3-4,7-10H2,1-2H3. The maximum absolute atomic E-state index is 5.94. The molecule has 3 rings (SSSR count). The average Bonchev–Trinajstić information content (AvgIpc) is 3.13. The lowest BCUT2D eigenvalue weighted by molar-refractivity contribution is 0.187. The van der Waals surface area contributed by atoms with E-state index in [4.69, 9.17) is 4.42 Å². The Kier molecular flexibility index (Phi) is 4.20. The molecule has 3 nitrogen and oxygen atoms in total. The van der Waals surface area contributed by atoms with Crippen molar-refractivity contribution in [3.8, 4) is 0 Å². The van der Waals surface area contributed by atoms with E-state index in [1.165, 1.54) is 25.1 Å². The first-order valence-corrected chi connectivity index (χ1v) is 8.44. The molecule has 2 atom stereocenters. The van der Waals surface area contributed by atoms with Gasteiger partial charge in [0.05, 0.1) is 13.1 Å². The van der Waals surface area contributed by atoms with Gasteiger partial charge in [0.1, 0.15) is 11.5 Å². The van der Waals surface area contributed by atoms with E-state index in [0.717, 1.165) is 35.9 Å². The van der Waals surface area contributed by atoms with Gasteiger partial charge in [0, 0.05) is 29.6 Å². The van der Waals surface area contributed by atoms with E-state index < -0.39 is 0 Å². The van der Waals surface area contributed by atoms with Crippen LogP contribution in [-0.4, -0.2) is 34.5 Å². The van der Waals surface area contributed by atoms with Crippen LogP contribution >= 0.6 is 11.8 Å². The number of thioether (sulfide) groups is 1. The van der Waals surface area contributed by atoms with Crippen molar-refractivity contribution < 1.29 is 4.42 Å². The van der Waals surface area contributed by atoms with E-state index in [9.17, 15) is 0 Å². The molecule has 19 heavy (non-hydrogen) atoms. The van der Waals surface area contributed by atoms with Crippen LogP contribution in [0.4, 0.5) is 0 Å².